The van der Waals surface area contributed by atoms with Crippen LogP contribution in [-0.4, -0.2) is 5.11 Å². The molecule has 0 radical (unpaired) electrons. The van der Waals surface area contributed by atoms with Gasteiger partial charge in [-0.3, -0.25) is 0 Å². The van der Waals surface area contributed by atoms with E-state index < -0.39 is 0 Å². The number of aliphatic hydroxyl groups is 1. The van der Waals surface area contributed by atoms with E-state index >= 15 is 0 Å². The van der Waals surface area contributed by atoms with Crippen LogP contribution in [0.15, 0.2) is 30.3 Å². The van der Waals surface area contributed by atoms with E-state index in [0.717, 1.165) is 12.0 Å². The van der Waals surface area contributed by atoms with Crippen molar-refractivity contribution >= 4 is 0 Å². The normalized spacial score (nSPS) is 20.7. The van der Waals surface area contributed by atoms with Crippen molar-refractivity contribution in [1.29, 1.82) is 0 Å². The first-order chi connectivity index (χ1) is 8.14. The van der Waals surface area contributed by atoms with Gasteiger partial charge in [0.2, 0.25) is 0 Å². The van der Waals surface area contributed by atoms with Gasteiger partial charge < -0.3 is 5.11 Å². The lowest BCUT2D eigenvalue weighted by molar-refractivity contribution is 0.0112. The molecule has 1 N–H and O–H groups in total. The molecule has 1 heteroatoms. The summed E-state index contributed by atoms with van der Waals surface area (Å²) in [5.74, 6) is 0.659. The number of hydrogen-bond acceptors (Lipinski definition) is 1. The second-order valence-electron chi connectivity index (χ2n) is 5.98. The summed E-state index contributed by atoms with van der Waals surface area (Å²) >= 11 is 0. The lowest BCUT2D eigenvalue weighted by atomic mass is 9.72. The Morgan fingerprint density at radius 3 is 2.24 bits per heavy atom. The van der Waals surface area contributed by atoms with Crippen molar-refractivity contribution in [3.63, 3.8) is 0 Å². The molecule has 0 saturated heterocycles. The molecule has 1 aromatic rings. The van der Waals surface area contributed by atoms with E-state index in [9.17, 15) is 5.11 Å². The molecule has 0 spiro atoms. The Kier molecular flexibility index (Phi) is 3.88. The third-order valence-corrected chi connectivity index (χ3v) is 4.11. The summed E-state index contributed by atoms with van der Waals surface area (Å²) in [4.78, 5) is 0. The first kappa shape index (κ1) is 12.6. The van der Waals surface area contributed by atoms with Crippen molar-refractivity contribution in [3.8, 4) is 0 Å². The largest absolute Gasteiger partial charge is 0.388 e. The van der Waals surface area contributed by atoms with E-state index in [1.54, 1.807) is 0 Å². The molecule has 1 aliphatic carbocycles. The summed E-state index contributed by atoms with van der Waals surface area (Å²) in [6.07, 6.45) is 5.77. The minimum Gasteiger partial charge on any atom is -0.388 e. The summed E-state index contributed by atoms with van der Waals surface area (Å²) < 4.78 is 0. The fourth-order valence-electron chi connectivity index (χ4n) is 3.47. The second-order valence-corrected chi connectivity index (χ2v) is 5.98. The molecule has 2 rings (SSSR count). The quantitative estimate of drug-likeness (QED) is 0.819. The van der Waals surface area contributed by atoms with Crippen molar-refractivity contribution in [3.05, 3.63) is 35.9 Å². The molecular weight excluding hydrogens is 208 g/mol. The zero-order valence-electron chi connectivity index (χ0n) is 11.0. The van der Waals surface area contributed by atoms with Crippen LogP contribution < -0.4 is 0 Å². The Morgan fingerprint density at radius 2 is 1.71 bits per heavy atom. The molecule has 1 nitrogen and oxygen atoms in total. The molecule has 1 atom stereocenters. The van der Waals surface area contributed by atoms with Crippen LogP contribution in [-0.2, 0) is 0 Å². The Bertz CT molecular complexity index is 336. The van der Waals surface area contributed by atoms with Gasteiger partial charge in [-0.1, -0.05) is 57.0 Å². The molecule has 1 aromatic carbocycles. The van der Waals surface area contributed by atoms with Crippen LogP contribution in [0.4, 0.5) is 0 Å². The van der Waals surface area contributed by atoms with E-state index in [2.05, 4.69) is 26.0 Å². The van der Waals surface area contributed by atoms with Gasteiger partial charge in [0, 0.05) is 5.41 Å². The number of hydrogen-bond donors (Lipinski definition) is 1. The summed E-state index contributed by atoms with van der Waals surface area (Å²) in [6.45, 7) is 4.52. The smallest absolute Gasteiger partial charge is 0.0846 e. The molecule has 1 aliphatic rings. The van der Waals surface area contributed by atoms with Gasteiger partial charge in [0.05, 0.1) is 6.10 Å². The van der Waals surface area contributed by atoms with Gasteiger partial charge in [0.25, 0.3) is 0 Å². The summed E-state index contributed by atoms with van der Waals surface area (Å²) in [5.41, 5.74) is 1.23. The van der Waals surface area contributed by atoms with E-state index in [-0.39, 0.29) is 11.5 Å². The lowest BCUT2D eigenvalue weighted by Gasteiger charge is -2.36. The van der Waals surface area contributed by atoms with Crippen molar-refractivity contribution in [2.45, 2.75) is 52.1 Å². The Labute approximate surface area is 105 Å². The topological polar surface area (TPSA) is 20.2 Å². The number of aliphatic hydroxyl groups excluding tert-OH is 1. The Morgan fingerprint density at radius 1 is 1.12 bits per heavy atom. The lowest BCUT2D eigenvalue weighted by Crippen LogP contribution is -2.27. The van der Waals surface area contributed by atoms with Crippen LogP contribution in [0.5, 0.6) is 0 Å². The standard InChI is InChI=1S/C16H24O/c1-13(2)12-16(10-6-7-11-16)15(17)14-8-4-3-5-9-14/h3-5,8-9,13,15,17H,6-7,10-12H2,1-2H3. The van der Waals surface area contributed by atoms with E-state index in [4.69, 9.17) is 0 Å². The van der Waals surface area contributed by atoms with Gasteiger partial charge in [0.15, 0.2) is 0 Å². The van der Waals surface area contributed by atoms with Gasteiger partial charge in [-0.2, -0.15) is 0 Å². The highest BCUT2D eigenvalue weighted by atomic mass is 16.3. The predicted molar refractivity (Wildman–Crippen MR) is 71.8 cm³/mol. The minimum absolute atomic E-state index is 0.134. The van der Waals surface area contributed by atoms with Crippen LogP contribution in [0.3, 0.4) is 0 Å². The van der Waals surface area contributed by atoms with Crippen molar-refractivity contribution in [1.82, 2.24) is 0 Å². The fourth-order valence-corrected chi connectivity index (χ4v) is 3.47. The van der Waals surface area contributed by atoms with Crippen LogP contribution in [0.2, 0.25) is 0 Å². The maximum atomic E-state index is 10.7. The zero-order chi connectivity index (χ0) is 12.3. The molecule has 17 heavy (non-hydrogen) atoms. The fraction of sp³-hybridized carbons (Fsp3) is 0.625. The Balaban J connectivity index is 2.21. The predicted octanol–water partition coefficient (Wildman–Crippen LogP) is 4.33. The Hall–Kier alpha value is -0.820. The van der Waals surface area contributed by atoms with Crippen LogP contribution >= 0.6 is 0 Å². The van der Waals surface area contributed by atoms with Crippen molar-refractivity contribution < 1.29 is 5.11 Å². The highest BCUT2D eigenvalue weighted by molar-refractivity contribution is 5.20. The molecule has 0 heterocycles. The molecule has 1 fully saturated rings. The minimum atomic E-state index is -0.284. The van der Waals surface area contributed by atoms with Crippen LogP contribution in [0.25, 0.3) is 0 Å². The monoisotopic (exact) mass is 232 g/mol. The van der Waals surface area contributed by atoms with Gasteiger partial charge in [0.1, 0.15) is 0 Å². The van der Waals surface area contributed by atoms with Crippen molar-refractivity contribution in [2.75, 3.05) is 0 Å². The molecule has 0 amide bonds. The first-order valence-corrected chi connectivity index (χ1v) is 6.87. The van der Waals surface area contributed by atoms with Crippen LogP contribution in [0, 0.1) is 11.3 Å². The number of benzene rings is 1. The van der Waals surface area contributed by atoms with E-state index in [0.29, 0.717) is 5.92 Å². The maximum Gasteiger partial charge on any atom is 0.0846 e. The molecule has 1 unspecified atom stereocenters. The summed E-state index contributed by atoms with van der Waals surface area (Å²) in [5, 5.41) is 10.7. The average Bonchev–Trinajstić information content (AvgIpc) is 2.78. The van der Waals surface area contributed by atoms with Gasteiger partial charge in [-0.25, -0.2) is 0 Å². The second kappa shape index (κ2) is 5.22. The molecule has 94 valence electrons. The number of rotatable bonds is 4. The highest BCUT2D eigenvalue weighted by Crippen LogP contribution is 2.51. The molecule has 0 bridgehead atoms. The average molecular weight is 232 g/mol. The van der Waals surface area contributed by atoms with Gasteiger partial charge in [-0.15, -0.1) is 0 Å². The van der Waals surface area contributed by atoms with Crippen molar-refractivity contribution in [2.24, 2.45) is 11.3 Å². The third-order valence-electron chi connectivity index (χ3n) is 4.11. The first-order valence-electron chi connectivity index (χ1n) is 6.87. The van der Waals surface area contributed by atoms with Crippen LogP contribution in [0.1, 0.15) is 57.6 Å². The van der Waals surface area contributed by atoms with E-state index in [1.807, 2.05) is 18.2 Å². The molecule has 0 aliphatic heterocycles. The zero-order valence-corrected chi connectivity index (χ0v) is 11.0. The molecular formula is C16H24O. The summed E-state index contributed by atoms with van der Waals surface area (Å²) in [7, 11) is 0. The molecule has 1 saturated carbocycles. The SMILES string of the molecule is CC(C)CC1(C(O)c2ccccc2)CCCC1. The molecule has 0 aromatic heterocycles. The highest BCUT2D eigenvalue weighted by Gasteiger charge is 2.41. The maximum absolute atomic E-state index is 10.7. The summed E-state index contributed by atoms with van der Waals surface area (Å²) in [6, 6.07) is 10.2. The van der Waals surface area contributed by atoms with Gasteiger partial charge in [-0.05, 0) is 30.7 Å². The van der Waals surface area contributed by atoms with Gasteiger partial charge >= 0.3 is 0 Å². The van der Waals surface area contributed by atoms with E-state index in [1.165, 1.54) is 25.7 Å². The third kappa shape index (κ3) is 2.71.